The van der Waals surface area contributed by atoms with Crippen molar-refractivity contribution in [2.75, 3.05) is 11.9 Å². The van der Waals surface area contributed by atoms with Crippen LogP contribution in [0.3, 0.4) is 0 Å². The summed E-state index contributed by atoms with van der Waals surface area (Å²) in [4.78, 5) is 15.6. The smallest absolute Gasteiger partial charge is 0.390 e. The maximum absolute atomic E-state index is 12.5. The molecule has 1 aromatic carbocycles. The molecular formula is C20H20F3N3O2. The molecule has 0 atom stereocenters. The number of pyridine rings is 1. The van der Waals surface area contributed by atoms with Crippen LogP contribution in [0.1, 0.15) is 34.8 Å². The molecule has 0 amide bonds. The Hall–Kier alpha value is -3.03. The Balaban J connectivity index is 2.02. The molecule has 5 nitrogen and oxygen atoms in total. The largest absolute Gasteiger partial charge is 0.478 e. The summed E-state index contributed by atoms with van der Waals surface area (Å²) < 4.78 is 39.2. The van der Waals surface area contributed by atoms with Crippen LogP contribution in [0.2, 0.25) is 0 Å². The fraction of sp³-hybridized carbons (Fsp3) is 0.300. The molecule has 2 aromatic heterocycles. The number of carboxylic acids is 1. The number of benzene rings is 1. The average molecular weight is 391 g/mol. The quantitative estimate of drug-likeness (QED) is 0.625. The number of fused-ring (bicyclic) bond motifs is 1. The molecule has 0 aliphatic rings. The van der Waals surface area contributed by atoms with Crippen LogP contribution >= 0.6 is 0 Å². The fourth-order valence-corrected chi connectivity index (χ4v) is 3.08. The molecule has 2 heterocycles. The van der Waals surface area contributed by atoms with E-state index in [1.165, 1.54) is 0 Å². The van der Waals surface area contributed by atoms with Crippen LogP contribution in [0.25, 0.3) is 16.9 Å². The Labute approximate surface area is 159 Å². The van der Waals surface area contributed by atoms with Gasteiger partial charge in [-0.25, -0.2) is 9.78 Å². The van der Waals surface area contributed by atoms with Gasteiger partial charge in [0.2, 0.25) is 0 Å². The number of alkyl halides is 3. The predicted molar refractivity (Wildman–Crippen MR) is 101 cm³/mol. The van der Waals surface area contributed by atoms with Gasteiger partial charge < -0.3 is 10.4 Å². The molecule has 0 aliphatic carbocycles. The summed E-state index contributed by atoms with van der Waals surface area (Å²) in [6.07, 6.45) is -0.918. The number of anilines is 1. The standard InChI is InChI=1S/C20H20F3N3O2/c1-3-13-9-16(24-7-6-20(21,22)23)18-25-10-17(26(18)11-13)14-4-5-15(19(27)28)12(2)8-14/h4-5,8-11,24H,3,6-7H2,1-2H3,(H,27,28). The summed E-state index contributed by atoms with van der Waals surface area (Å²) in [5.41, 5.74) is 4.37. The van der Waals surface area contributed by atoms with Crippen molar-refractivity contribution in [3.63, 3.8) is 0 Å². The summed E-state index contributed by atoms with van der Waals surface area (Å²) in [5, 5.41) is 12.0. The molecule has 0 radical (unpaired) electrons. The number of aryl methyl sites for hydroxylation is 2. The van der Waals surface area contributed by atoms with Gasteiger partial charge in [0.25, 0.3) is 0 Å². The number of aromatic carboxylic acids is 1. The van der Waals surface area contributed by atoms with E-state index in [2.05, 4.69) is 10.3 Å². The SMILES string of the molecule is CCc1cc(NCCC(F)(F)F)c2ncc(-c3ccc(C(=O)O)c(C)c3)n2c1. The second kappa shape index (κ2) is 7.53. The molecule has 148 valence electrons. The second-order valence-corrected chi connectivity index (χ2v) is 6.58. The van der Waals surface area contributed by atoms with Crippen molar-refractivity contribution < 1.29 is 23.1 Å². The number of aromatic nitrogens is 2. The number of carboxylic acid groups (broad SMARTS) is 1. The van der Waals surface area contributed by atoms with Gasteiger partial charge in [0.1, 0.15) is 0 Å². The van der Waals surface area contributed by atoms with Crippen molar-refractivity contribution in [2.45, 2.75) is 32.9 Å². The van der Waals surface area contributed by atoms with E-state index < -0.39 is 18.6 Å². The minimum absolute atomic E-state index is 0.223. The Morgan fingerprint density at radius 3 is 2.64 bits per heavy atom. The first-order valence-corrected chi connectivity index (χ1v) is 8.84. The van der Waals surface area contributed by atoms with E-state index in [9.17, 15) is 23.1 Å². The van der Waals surface area contributed by atoms with Gasteiger partial charge >= 0.3 is 12.1 Å². The molecular weight excluding hydrogens is 371 g/mol. The summed E-state index contributed by atoms with van der Waals surface area (Å²) in [7, 11) is 0. The van der Waals surface area contributed by atoms with Gasteiger partial charge in [-0.15, -0.1) is 0 Å². The molecule has 0 saturated heterocycles. The zero-order chi connectivity index (χ0) is 20.5. The highest BCUT2D eigenvalue weighted by molar-refractivity contribution is 5.90. The topological polar surface area (TPSA) is 66.6 Å². The first-order chi connectivity index (χ1) is 13.2. The molecule has 2 N–H and O–H groups in total. The normalized spacial score (nSPS) is 11.8. The van der Waals surface area contributed by atoms with Gasteiger partial charge in [0.15, 0.2) is 5.65 Å². The van der Waals surface area contributed by atoms with Gasteiger partial charge in [-0.1, -0.05) is 13.0 Å². The highest BCUT2D eigenvalue weighted by Gasteiger charge is 2.26. The first kappa shape index (κ1) is 19.7. The second-order valence-electron chi connectivity index (χ2n) is 6.58. The van der Waals surface area contributed by atoms with Crippen LogP contribution in [0, 0.1) is 6.92 Å². The summed E-state index contributed by atoms with van der Waals surface area (Å²) in [5.74, 6) is -0.994. The lowest BCUT2D eigenvalue weighted by Crippen LogP contribution is -2.15. The number of rotatable bonds is 6. The Bertz CT molecular complexity index is 1030. The van der Waals surface area contributed by atoms with Crippen LogP contribution in [0.15, 0.2) is 36.7 Å². The monoisotopic (exact) mass is 391 g/mol. The third-order valence-electron chi connectivity index (χ3n) is 4.55. The van der Waals surface area contributed by atoms with Crippen LogP contribution in [-0.2, 0) is 6.42 Å². The molecule has 3 aromatic rings. The van der Waals surface area contributed by atoms with E-state index in [0.29, 0.717) is 23.3 Å². The maximum Gasteiger partial charge on any atom is 0.390 e. The number of hydrogen-bond donors (Lipinski definition) is 2. The number of nitrogens with zero attached hydrogens (tertiary/aromatic N) is 2. The minimum atomic E-state index is -4.23. The van der Waals surface area contributed by atoms with Crippen molar-refractivity contribution in [1.29, 1.82) is 0 Å². The third kappa shape index (κ3) is 4.11. The zero-order valence-corrected chi connectivity index (χ0v) is 15.5. The molecule has 0 fully saturated rings. The van der Waals surface area contributed by atoms with Crippen molar-refractivity contribution >= 4 is 17.3 Å². The fourth-order valence-electron chi connectivity index (χ4n) is 3.08. The highest BCUT2D eigenvalue weighted by atomic mass is 19.4. The molecule has 8 heteroatoms. The van der Waals surface area contributed by atoms with Crippen molar-refractivity contribution in [1.82, 2.24) is 9.38 Å². The van der Waals surface area contributed by atoms with E-state index in [-0.39, 0.29) is 12.1 Å². The number of carbonyl (C=O) groups is 1. The number of imidazole rings is 1. The van der Waals surface area contributed by atoms with Gasteiger partial charge in [0, 0.05) is 18.3 Å². The van der Waals surface area contributed by atoms with E-state index in [0.717, 1.165) is 16.8 Å². The summed E-state index contributed by atoms with van der Waals surface area (Å²) >= 11 is 0. The number of nitrogens with one attached hydrogen (secondary N) is 1. The Kier molecular flexibility index (Phi) is 5.31. The average Bonchev–Trinajstić information content (AvgIpc) is 3.04. The molecule has 0 bridgehead atoms. The summed E-state index contributed by atoms with van der Waals surface area (Å²) in [6, 6.07) is 6.82. The van der Waals surface area contributed by atoms with E-state index in [1.807, 2.05) is 17.5 Å². The maximum atomic E-state index is 12.5. The zero-order valence-electron chi connectivity index (χ0n) is 15.5. The molecule has 0 saturated carbocycles. The van der Waals surface area contributed by atoms with E-state index >= 15 is 0 Å². The first-order valence-electron chi connectivity index (χ1n) is 8.84. The van der Waals surface area contributed by atoms with Crippen LogP contribution in [0.4, 0.5) is 18.9 Å². The van der Waals surface area contributed by atoms with Crippen molar-refractivity contribution in [3.8, 4) is 11.3 Å². The molecule has 0 aliphatic heterocycles. The van der Waals surface area contributed by atoms with Crippen LogP contribution in [0.5, 0.6) is 0 Å². The molecule has 0 spiro atoms. The lowest BCUT2D eigenvalue weighted by molar-refractivity contribution is -0.131. The highest BCUT2D eigenvalue weighted by Crippen LogP contribution is 2.28. The number of halogens is 3. The van der Waals surface area contributed by atoms with Crippen molar-refractivity contribution in [2.24, 2.45) is 0 Å². The van der Waals surface area contributed by atoms with Gasteiger partial charge in [-0.3, -0.25) is 4.40 Å². The molecule has 3 rings (SSSR count). The number of hydrogen-bond acceptors (Lipinski definition) is 3. The lowest BCUT2D eigenvalue weighted by atomic mass is 10.0. The van der Waals surface area contributed by atoms with Gasteiger partial charge in [0.05, 0.1) is 29.6 Å². The van der Waals surface area contributed by atoms with E-state index in [1.54, 1.807) is 37.4 Å². The van der Waals surface area contributed by atoms with Crippen LogP contribution < -0.4 is 5.32 Å². The minimum Gasteiger partial charge on any atom is -0.478 e. The van der Waals surface area contributed by atoms with Gasteiger partial charge in [-0.05, 0) is 42.7 Å². The lowest BCUT2D eigenvalue weighted by Gasteiger charge is -2.13. The predicted octanol–water partition coefficient (Wildman–Crippen LogP) is 4.93. The van der Waals surface area contributed by atoms with E-state index in [4.69, 9.17) is 0 Å². The summed E-state index contributed by atoms with van der Waals surface area (Å²) in [6.45, 7) is 3.45. The molecule has 0 unspecified atom stereocenters. The molecule has 28 heavy (non-hydrogen) atoms. The van der Waals surface area contributed by atoms with Gasteiger partial charge in [-0.2, -0.15) is 13.2 Å². The van der Waals surface area contributed by atoms with Crippen LogP contribution in [-0.4, -0.2) is 33.2 Å². The van der Waals surface area contributed by atoms with Crippen molar-refractivity contribution in [3.05, 3.63) is 53.3 Å². The Morgan fingerprint density at radius 2 is 2.04 bits per heavy atom. The Morgan fingerprint density at radius 1 is 1.29 bits per heavy atom. The third-order valence-corrected chi connectivity index (χ3v) is 4.55.